The fourth-order valence-electron chi connectivity index (χ4n) is 3.37. The highest BCUT2D eigenvalue weighted by molar-refractivity contribution is 6.07. The molecule has 3 N–H and O–H groups in total. The van der Waals surface area contributed by atoms with E-state index in [4.69, 9.17) is 4.42 Å². The lowest BCUT2D eigenvalue weighted by Crippen LogP contribution is -2.44. The Kier molecular flexibility index (Phi) is 5.24. The minimum Gasteiger partial charge on any atom is -0.459 e. The first-order valence-electron chi connectivity index (χ1n) is 8.74. The Bertz CT molecular complexity index is 694. The fourth-order valence-corrected chi connectivity index (χ4v) is 3.37. The van der Waals surface area contributed by atoms with Gasteiger partial charge in [0.15, 0.2) is 5.76 Å². The largest absolute Gasteiger partial charge is 0.459 e. The quantitative estimate of drug-likeness (QED) is 0.478. The van der Waals surface area contributed by atoms with Crippen molar-refractivity contribution in [3.8, 4) is 0 Å². The lowest BCUT2D eigenvalue weighted by molar-refractivity contribution is -0.131. The molecule has 2 fully saturated rings. The number of carbonyl (C=O) groups is 4. The highest BCUT2D eigenvalue weighted by atomic mass is 16.3. The molecule has 1 saturated carbocycles. The molecule has 9 heteroatoms. The van der Waals surface area contributed by atoms with Crippen molar-refractivity contribution in [2.75, 3.05) is 19.6 Å². The van der Waals surface area contributed by atoms with Crippen molar-refractivity contribution in [3.05, 3.63) is 24.2 Å². The Hall–Kier alpha value is -2.84. The Balaban J connectivity index is 1.36. The third-order valence-electron chi connectivity index (χ3n) is 4.74. The van der Waals surface area contributed by atoms with Gasteiger partial charge in [-0.1, -0.05) is 12.8 Å². The van der Waals surface area contributed by atoms with Crippen LogP contribution in [0.5, 0.6) is 0 Å². The number of hydrogen-bond donors (Lipinski definition) is 3. The third kappa shape index (κ3) is 3.71. The molecule has 1 spiro atoms. The smallest absolute Gasteiger partial charge is 0.325 e. The van der Waals surface area contributed by atoms with Crippen molar-refractivity contribution in [1.82, 2.24) is 20.9 Å². The summed E-state index contributed by atoms with van der Waals surface area (Å²) in [7, 11) is 0. The summed E-state index contributed by atoms with van der Waals surface area (Å²) >= 11 is 0. The topological polar surface area (TPSA) is 121 Å². The second-order valence-electron chi connectivity index (χ2n) is 6.51. The van der Waals surface area contributed by atoms with Gasteiger partial charge in [0, 0.05) is 26.1 Å². The maximum absolute atomic E-state index is 12.5. The standard InChI is InChI=1S/C17H22N4O5/c22-13(18-8-9-19-14(23)12-4-3-11-26-12)5-10-21-15(24)17(20-16(21)25)6-1-2-7-17/h3-4,11H,1-2,5-10H2,(H,18,22)(H,19,23)(H,20,25). The molecule has 1 aliphatic heterocycles. The van der Waals surface area contributed by atoms with Crippen LogP contribution in [0, 0.1) is 0 Å². The number of imide groups is 1. The van der Waals surface area contributed by atoms with Crippen molar-refractivity contribution in [1.29, 1.82) is 0 Å². The molecule has 1 aliphatic carbocycles. The zero-order valence-corrected chi connectivity index (χ0v) is 14.4. The van der Waals surface area contributed by atoms with E-state index in [0.717, 1.165) is 17.7 Å². The van der Waals surface area contributed by atoms with Gasteiger partial charge in [0.1, 0.15) is 5.54 Å². The molecule has 0 radical (unpaired) electrons. The lowest BCUT2D eigenvalue weighted by Gasteiger charge is -2.19. The summed E-state index contributed by atoms with van der Waals surface area (Å²) in [6.07, 6.45) is 4.60. The van der Waals surface area contributed by atoms with Gasteiger partial charge in [-0.2, -0.15) is 0 Å². The normalized spacial score (nSPS) is 18.2. The summed E-state index contributed by atoms with van der Waals surface area (Å²) < 4.78 is 4.95. The maximum atomic E-state index is 12.5. The number of urea groups is 1. The van der Waals surface area contributed by atoms with Crippen molar-refractivity contribution < 1.29 is 23.6 Å². The van der Waals surface area contributed by atoms with E-state index in [1.165, 1.54) is 6.26 Å². The summed E-state index contributed by atoms with van der Waals surface area (Å²) in [4.78, 5) is 49.1. The van der Waals surface area contributed by atoms with Crippen LogP contribution in [0.25, 0.3) is 0 Å². The van der Waals surface area contributed by atoms with Crippen molar-refractivity contribution in [3.63, 3.8) is 0 Å². The molecule has 0 bridgehead atoms. The van der Waals surface area contributed by atoms with Crippen molar-refractivity contribution >= 4 is 23.8 Å². The number of hydrogen-bond acceptors (Lipinski definition) is 5. The van der Waals surface area contributed by atoms with Crippen molar-refractivity contribution in [2.24, 2.45) is 0 Å². The number of carbonyl (C=O) groups excluding carboxylic acids is 4. The summed E-state index contributed by atoms with van der Waals surface area (Å²) in [5, 5.41) is 8.03. The highest BCUT2D eigenvalue weighted by Gasteiger charge is 2.52. The van der Waals surface area contributed by atoms with Crippen LogP contribution in [0.15, 0.2) is 22.8 Å². The Morgan fingerprint density at radius 1 is 1.19 bits per heavy atom. The van der Waals surface area contributed by atoms with E-state index in [9.17, 15) is 19.2 Å². The molecule has 0 atom stereocenters. The first-order chi connectivity index (χ1) is 12.5. The third-order valence-corrected chi connectivity index (χ3v) is 4.74. The van der Waals surface area contributed by atoms with Gasteiger partial charge >= 0.3 is 6.03 Å². The molecule has 9 nitrogen and oxygen atoms in total. The minimum atomic E-state index is -0.746. The molecule has 2 heterocycles. The zero-order valence-electron chi connectivity index (χ0n) is 14.4. The van der Waals surface area contributed by atoms with Crippen LogP contribution in [0.2, 0.25) is 0 Å². The van der Waals surface area contributed by atoms with Gasteiger partial charge in [-0.3, -0.25) is 19.3 Å². The lowest BCUT2D eigenvalue weighted by atomic mass is 9.98. The molecule has 2 aliphatic rings. The van der Waals surface area contributed by atoms with Gasteiger partial charge in [0.25, 0.3) is 11.8 Å². The van der Waals surface area contributed by atoms with E-state index >= 15 is 0 Å². The predicted octanol–water partition coefficient (Wildman–Crippen LogP) is 0.380. The number of nitrogens with one attached hydrogen (secondary N) is 3. The summed E-state index contributed by atoms with van der Waals surface area (Å²) in [6.45, 7) is 0.546. The van der Waals surface area contributed by atoms with Crippen LogP contribution in [0.4, 0.5) is 4.79 Å². The monoisotopic (exact) mass is 362 g/mol. The summed E-state index contributed by atoms with van der Waals surface area (Å²) in [5.74, 6) is -0.662. The molecular formula is C17H22N4O5. The zero-order chi connectivity index (χ0) is 18.6. The molecule has 5 amide bonds. The number of amides is 5. The summed E-state index contributed by atoms with van der Waals surface area (Å²) in [6, 6.07) is 2.74. The molecule has 140 valence electrons. The van der Waals surface area contributed by atoms with E-state index in [0.29, 0.717) is 12.8 Å². The van der Waals surface area contributed by atoms with E-state index < -0.39 is 11.6 Å². The maximum Gasteiger partial charge on any atom is 0.325 e. The molecule has 1 aromatic heterocycles. The van der Waals surface area contributed by atoms with Gasteiger partial charge in [0.2, 0.25) is 5.91 Å². The van der Waals surface area contributed by atoms with Gasteiger partial charge in [-0.15, -0.1) is 0 Å². The second-order valence-corrected chi connectivity index (χ2v) is 6.51. The first-order valence-corrected chi connectivity index (χ1v) is 8.74. The van der Waals surface area contributed by atoms with Gasteiger partial charge in [-0.05, 0) is 25.0 Å². The number of furan rings is 1. The number of nitrogens with zero attached hydrogens (tertiary/aromatic N) is 1. The van der Waals surface area contributed by atoms with E-state index in [-0.39, 0.29) is 49.5 Å². The molecule has 0 aromatic carbocycles. The Labute approximate surface area is 150 Å². The van der Waals surface area contributed by atoms with Crippen LogP contribution < -0.4 is 16.0 Å². The molecule has 26 heavy (non-hydrogen) atoms. The van der Waals surface area contributed by atoms with Crippen LogP contribution in [0.1, 0.15) is 42.7 Å². The Morgan fingerprint density at radius 3 is 2.62 bits per heavy atom. The van der Waals surface area contributed by atoms with Gasteiger partial charge in [-0.25, -0.2) is 4.79 Å². The average molecular weight is 362 g/mol. The van der Waals surface area contributed by atoms with Crippen molar-refractivity contribution in [2.45, 2.75) is 37.6 Å². The van der Waals surface area contributed by atoms with E-state index in [2.05, 4.69) is 16.0 Å². The first kappa shape index (κ1) is 18.0. The highest BCUT2D eigenvalue weighted by Crippen LogP contribution is 2.34. The predicted molar refractivity (Wildman–Crippen MR) is 90.1 cm³/mol. The van der Waals surface area contributed by atoms with Gasteiger partial charge < -0.3 is 20.4 Å². The molecular weight excluding hydrogens is 340 g/mol. The fraction of sp³-hybridized carbons (Fsp3) is 0.529. The van der Waals surface area contributed by atoms with Crippen LogP contribution in [0.3, 0.4) is 0 Å². The minimum absolute atomic E-state index is 0.0291. The molecule has 3 rings (SSSR count). The van der Waals surface area contributed by atoms with Crippen LogP contribution in [-0.2, 0) is 9.59 Å². The van der Waals surface area contributed by atoms with Crippen LogP contribution in [-0.4, -0.2) is 53.8 Å². The SMILES string of the molecule is O=C(CCN1C(=O)NC2(CCCC2)C1=O)NCCNC(=O)c1ccco1. The van der Waals surface area contributed by atoms with E-state index in [1.54, 1.807) is 12.1 Å². The molecule has 1 saturated heterocycles. The molecule has 1 aromatic rings. The second kappa shape index (κ2) is 7.59. The number of rotatable bonds is 7. The van der Waals surface area contributed by atoms with Crippen LogP contribution >= 0.6 is 0 Å². The molecule has 0 unspecified atom stereocenters. The van der Waals surface area contributed by atoms with Gasteiger partial charge in [0.05, 0.1) is 6.26 Å². The Morgan fingerprint density at radius 2 is 1.92 bits per heavy atom. The average Bonchev–Trinajstić information content (AvgIpc) is 3.34. The summed E-state index contributed by atoms with van der Waals surface area (Å²) in [5.41, 5.74) is -0.746. The van der Waals surface area contributed by atoms with E-state index in [1.807, 2.05) is 0 Å².